The van der Waals surface area contributed by atoms with E-state index in [2.05, 4.69) is 16.0 Å². The fourth-order valence-electron chi connectivity index (χ4n) is 5.85. The van der Waals surface area contributed by atoms with Gasteiger partial charge in [-0.05, 0) is 84.0 Å². The van der Waals surface area contributed by atoms with E-state index in [1.54, 1.807) is 14.0 Å². The van der Waals surface area contributed by atoms with Crippen LogP contribution in [0, 0.1) is 17.8 Å². The van der Waals surface area contributed by atoms with Crippen molar-refractivity contribution in [3.05, 3.63) is 0 Å². The summed E-state index contributed by atoms with van der Waals surface area (Å²) in [6, 6.07) is -0.876. The Morgan fingerprint density at radius 1 is 1.04 bits per heavy atom. The maximum absolute atomic E-state index is 12.5. The molecule has 28 heavy (non-hydrogen) atoms. The molecule has 4 fully saturated rings. The van der Waals surface area contributed by atoms with Crippen LogP contribution < -0.4 is 20.9 Å². The SMILES string of the molecule is C[C@@H](C(=O)NC(=O)NC12CC3CC(CC(C3)C1)C2)[NH+](C)CC(=O)NC(C)(C)C. The zero-order valence-electron chi connectivity index (χ0n) is 18.0. The van der Waals surface area contributed by atoms with Gasteiger partial charge in [0, 0.05) is 11.1 Å². The summed E-state index contributed by atoms with van der Waals surface area (Å²) in [6.07, 6.45) is 7.08. The standard InChI is InChI=1S/C21H36N4O3/c1-13(25(5)12-17(26)23-20(2,3)4)18(27)22-19(28)24-21-9-14-6-15(10-21)8-16(7-14)11-21/h13-16H,6-12H2,1-5H3,(H,23,26)(H2,22,24,27,28)/p+1/t13-,14?,15?,16?,21?/m0/s1. The molecular formula is C21H37N4O3+. The number of nitrogens with one attached hydrogen (secondary N) is 4. The zero-order chi connectivity index (χ0) is 20.7. The molecule has 2 atom stereocenters. The molecule has 158 valence electrons. The molecule has 0 aromatic heterocycles. The van der Waals surface area contributed by atoms with Gasteiger partial charge in [0.05, 0.1) is 7.05 Å². The Labute approximate surface area is 168 Å². The van der Waals surface area contributed by atoms with Crippen molar-refractivity contribution in [1.29, 1.82) is 0 Å². The van der Waals surface area contributed by atoms with Crippen molar-refractivity contribution < 1.29 is 19.3 Å². The molecule has 4 aliphatic rings. The highest BCUT2D eigenvalue weighted by Gasteiger charge is 2.51. The molecule has 4 N–H and O–H groups in total. The van der Waals surface area contributed by atoms with Gasteiger partial charge >= 0.3 is 6.03 Å². The summed E-state index contributed by atoms with van der Waals surface area (Å²) < 4.78 is 0. The first-order chi connectivity index (χ1) is 12.9. The van der Waals surface area contributed by atoms with Gasteiger partial charge in [-0.15, -0.1) is 0 Å². The van der Waals surface area contributed by atoms with Crippen molar-refractivity contribution in [3.63, 3.8) is 0 Å². The fraction of sp³-hybridized carbons (Fsp3) is 0.857. The lowest BCUT2D eigenvalue weighted by Gasteiger charge is -2.56. The highest BCUT2D eigenvalue weighted by molar-refractivity contribution is 5.96. The van der Waals surface area contributed by atoms with Crippen molar-refractivity contribution in [3.8, 4) is 0 Å². The van der Waals surface area contributed by atoms with Crippen molar-refractivity contribution >= 4 is 17.8 Å². The summed E-state index contributed by atoms with van der Waals surface area (Å²) in [5.74, 6) is 1.75. The lowest BCUT2D eigenvalue weighted by molar-refractivity contribution is -0.886. The number of hydrogen-bond acceptors (Lipinski definition) is 3. The summed E-state index contributed by atoms with van der Waals surface area (Å²) in [6.45, 7) is 7.69. The lowest BCUT2D eigenvalue weighted by Crippen LogP contribution is -3.15. The molecule has 0 aromatic carbocycles. The van der Waals surface area contributed by atoms with E-state index in [0.717, 1.165) is 41.9 Å². The van der Waals surface area contributed by atoms with E-state index in [1.165, 1.54) is 19.3 Å². The van der Waals surface area contributed by atoms with E-state index in [0.29, 0.717) is 0 Å². The molecule has 0 aromatic rings. The Hall–Kier alpha value is -1.63. The zero-order valence-corrected chi connectivity index (χ0v) is 18.0. The Bertz CT molecular complexity index is 605. The van der Waals surface area contributed by atoms with Crippen molar-refractivity contribution in [2.75, 3.05) is 13.6 Å². The second kappa shape index (κ2) is 7.65. The van der Waals surface area contributed by atoms with Gasteiger partial charge in [-0.2, -0.15) is 0 Å². The van der Waals surface area contributed by atoms with Crippen LogP contribution >= 0.6 is 0 Å². The highest BCUT2D eigenvalue weighted by atomic mass is 16.2. The molecule has 7 nitrogen and oxygen atoms in total. The molecule has 0 spiro atoms. The second-order valence-electron chi connectivity index (χ2n) is 10.7. The summed E-state index contributed by atoms with van der Waals surface area (Å²) in [5, 5.41) is 8.58. The molecular weight excluding hydrogens is 356 g/mol. The third-order valence-corrected chi connectivity index (χ3v) is 6.74. The van der Waals surface area contributed by atoms with E-state index in [9.17, 15) is 14.4 Å². The largest absolute Gasteiger partial charge is 0.347 e. The van der Waals surface area contributed by atoms with Crippen LogP contribution in [-0.4, -0.2) is 48.6 Å². The van der Waals surface area contributed by atoms with Crippen LogP contribution in [0.15, 0.2) is 0 Å². The van der Waals surface area contributed by atoms with Gasteiger partial charge in [-0.25, -0.2) is 4.79 Å². The predicted octanol–water partition coefficient (Wildman–Crippen LogP) is 0.599. The Balaban J connectivity index is 1.48. The van der Waals surface area contributed by atoms with E-state index in [4.69, 9.17) is 0 Å². The smallest absolute Gasteiger partial charge is 0.322 e. The van der Waals surface area contributed by atoms with Gasteiger partial charge in [-0.3, -0.25) is 14.9 Å². The van der Waals surface area contributed by atoms with Crippen molar-refractivity contribution in [2.45, 2.75) is 83.3 Å². The second-order valence-corrected chi connectivity index (χ2v) is 10.7. The minimum absolute atomic E-state index is 0.109. The Kier molecular flexibility index (Phi) is 5.76. The summed E-state index contributed by atoms with van der Waals surface area (Å²) >= 11 is 0. The molecule has 1 unspecified atom stereocenters. The number of carbonyl (C=O) groups excluding carboxylic acids is 3. The van der Waals surface area contributed by atoms with Gasteiger partial charge in [0.1, 0.15) is 0 Å². The first-order valence-corrected chi connectivity index (χ1v) is 10.7. The first-order valence-electron chi connectivity index (χ1n) is 10.7. The maximum Gasteiger partial charge on any atom is 0.322 e. The van der Waals surface area contributed by atoms with Crippen LogP contribution in [0.3, 0.4) is 0 Å². The monoisotopic (exact) mass is 393 g/mol. The van der Waals surface area contributed by atoms with Gasteiger partial charge in [0.25, 0.3) is 11.8 Å². The average Bonchev–Trinajstić information content (AvgIpc) is 2.49. The molecule has 0 saturated heterocycles. The van der Waals surface area contributed by atoms with Gasteiger partial charge in [-0.1, -0.05) is 0 Å². The average molecular weight is 394 g/mol. The number of quaternary nitrogens is 1. The van der Waals surface area contributed by atoms with Gasteiger partial charge in [0.2, 0.25) is 0 Å². The third-order valence-electron chi connectivity index (χ3n) is 6.74. The number of amides is 4. The topological polar surface area (TPSA) is 91.7 Å². The minimum Gasteiger partial charge on any atom is -0.347 e. The van der Waals surface area contributed by atoms with Crippen molar-refractivity contribution in [1.82, 2.24) is 16.0 Å². The molecule has 0 aliphatic heterocycles. The first kappa shape index (κ1) is 21.1. The number of carbonyl (C=O) groups is 3. The summed E-state index contributed by atoms with van der Waals surface area (Å²) in [4.78, 5) is 37.9. The fourth-order valence-corrected chi connectivity index (χ4v) is 5.85. The van der Waals surface area contributed by atoms with E-state index >= 15 is 0 Å². The van der Waals surface area contributed by atoms with Crippen LogP contribution in [0.5, 0.6) is 0 Å². The quantitative estimate of drug-likeness (QED) is 0.551. The van der Waals surface area contributed by atoms with E-state index < -0.39 is 6.04 Å². The molecule has 4 bridgehead atoms. The number of rotatable bonds is 5. The molecule has 4 saturated carbocycles. The van der Waals surface area contributed by atoms with Crippen LogP contribution in [0.2, 0.25) is 0 Å². The van der Waals surface area contributed by atoms with Gasteiger partial charge < -0.3 is 15.5 Å². The molecule has 4 rings (SSSR count). The molecule has 0 heterocycles. The van der Waals surface area contributed by atoms with Crippen LogP contribution in [-0.2, 0) is 9.59 Å². The molecule has 7 heteroatoms. The molecule has 4 aliphatic carbocycles. The third kappa shape index (κ3) is 5.04. The number of imide groups is 1. The minimum atomic E-state index is -0.493. The lowest BCUT2D eigenvalue weighted by atomic mass is 9.53. The molecule has 0 radical (unpaired) electrons. The Morgan fingerprint density at radius 2 is 1.54 bits per heavy atom. The van der Waals surface area contributed by atoms with E-state index in [-0.39, 0.29) is 35.5 Å². The predicted molar refractivity (Wildman–Crippen MR) is 107 cm³/mol. The number of urea groups is 1. The maximum atomic E-state index is 12.5. The number of hydrogen-bond donors (Lipinski definition) is 4. The van der Waals surface area contributed by atoms with Crippen LogP contribution in [0.4, 0.5) is 4.79 Å². The Morgan fingerprint density at radius 3 is 2.00 bits per heavy atom. The molecule has 4 amide bonds. The normalized spacial score (nSPS) is 33.1. The van der Waals surface area contributed by atoms with Crippen LogP contribution in [0.1, 0.15) is 66.2 Å². The van der Waals surface area contributed by atoms with Gasteiger partial charge in [0.15, 0.2) is 12.6 Å². The van der Waals surface area contributed by atoms with E-state index in [1.807, 2.05) is 20.8 Å². The summed E-state index contributed by atoms with van der Waals surface area (Å²) in [7, 11) is 1.80. The summed E-state index contributed by atoms with van der Waals surface area (Å²) in [5.41, 5.74) is -0.422. The highest BCUT2D eigenvalue weighted by Crippen LogP contribution is 2.55. The van der Waals surface area contributed by atoms with Crippen LogP contribution in [0.25, 0.3) is 0 Å². The van der Waals surface area contributed by atoms with Crippen molar-refractivity contribution in [2.24, 2.45) is 17.8 Å². The number of likely N-dealkylation sites (N-methyl/N-ethyl adjacent to an activating group) is 1.